The van der Waals surface area contributed by atoms with Crippen molar-refractivity contribution in [3.05, 3.63) is 50.9 Å². The van der Waals surface area contributed by atoms with E-state index in [4.69, 9.17) is 11.6 Å². The van der Waals surface area contributed by atoms with E-state index in [1.54, 1.807) is 29.2 Å². The summed E-state index contributed by atoms with van der Waals surface area (Å²) in [6.45, 7) is 2.13. The van der Waals surface area contributed by atoms with Gasteiger partial charge in [-0.3, -0.25) is 0 Å². The molecule has 1 nitrogen and oxygen atoms in total. The van der Waals surface area contributed by atoms with Crippen molar-refractivity contribution in [3.63, 3.8) is 0 Å². The Kier molecular flexibility index (Phi) is 4.36. The van der Waals surface area contributed by atoms with Gasteiger partial charge in [0.1, 0.15) is 5.82 Å². The Morgan fingerprint density at radius 3 is 2.95 bits per heavy atom. The highest BCUT2D eigenvalue weighted by molar-refractivity contribution is 7.99. The van der Waals surface area contributed by atoms with E-state index in [-0.39, 0.29) is 17.9 Å². The summed E-state index contributed by atoms with van der Waals surface area (Å²) in [6, 6.07) is 9.75. The molecule has 2 atom stereocenters. The van der Waals surface area contributed by atoms with Gasteiger partial charge in [0.2, 0.25) is 0 Å². The van der Waals surface area contributed by atoms with Crippen LogP contribution in [-0.4, -0.2) is 5.75 Å². The summed E-state index contributed by atoms with van der Waals surface area (Å²) in [5.41, 5.74) is 1.08. The maximum atomic E-state index is 13.8. The summed E-state index contributed by atoms with van der Waals surface area (Å²) in [5, 5.41) is 3.60. The van der Waals surface area contributed by atoms with Gasteiger partial charge in [-0.05, 0) is 42.9 Å². The van der Waals surface area contributed by atoms with Crippen LogP contribution in [0.5, 0.6) is 0 Å². The fraction of sp³-hybridized carbons (Fsp3) is 0.333. The van der Waals surface area contributed by atoms with Crippen LogP contribution in [0.4, 0.5) is 4.39 Å². The van der Waals surface area contributed by atoms with Crippen LogP contribution in [0.15, 0.2) is 35.2 Å². The molecule has 3 rings (SSSR count). The van der Waals surface area contributed by atoms with Crippen LogP contribution in [0.3, 0.4) is 0 Å². The molecule has 0 aliphatic carbocycles. The Morgan fingerprint density at radius 2 is 2.20 bits per heavy atom. The first-order chi connectivity index (χ1) is 9.65. The molecular formula is C15H15ClFNS2. The van der Waals surface area contributed by atoms with Gasteiger partial charge in [0, 0.05) is 21.9 Å². The van der Waals surface area contributed by atoms with E-state index in [2.05, 4.69) is 18.3 Å². The van der Waals surface area contributed by atoms with E-state index in [0.717, 1.165) is 27.0 Å². The number of fused-ring (bicyclic) bond motifs is 1. The Hall–Kier alpha value is -0.550. The third-order valence-corrected chi connectivity index (χ3v) is 6.07. The molecular weight excluding hydrogens is 313 g/mol. The van der Waals surface area contributed by atoms with Crippen LogP contribution in [0.25, 0.3) is 0 Å². The van der Waals surface area contributed by atoms with Gasteiger partial charge in [0.05, 0.1) is 4.34 Å². The lowest BCUT2D eigenvalue weighted by Gasteiger charge is -2.28. The monoisotopic (exact) mass is 327 g/mol. The molecule has 0 amide bonds. The number of nitrogens with one attached hydrogen (secondary N) is 1. The number of thioether (sulfide) groups is 1. The third-order valence-electron chi connectivity index (χ3n) is 3.50. The maximum Gasteiger partial charge on any atom is 0.137 e. The number of benzene rings is 1. The van der Waals surface area contributed by atoms with Crippen LogP contribution < -0.4 is 5.32 Å². The molecule has 2 unspecified atom stereocenters. The molecule has 1 aromatic carbocycles. The standard InChI is InChI=1S/C15H15ClFNS2/c1-9(13-5-6-14(16)20-13)18-12-7-8-19-15-10(12)3-2-4-11(15)17/h2-6,9,12,18H,7-8H2,1H3. The van der Waals surface area contributed by atoms with Gasteiger partial charge in [-0.1, -0.05) is 23.7 Å². The van der Waals surface area contributed by atoms with Crippen LogP contribution in [0.1, 0.15) is 35.9 Å². The molecule has 0 fully saturated rings. The van der Waals surface area contributed by atoms with Gasteiger partial charge in [0.15, 0.2) is 0 Å². The SMILES string of the molecule is CC(NC1CCSc2c(F)cccc21)c1ccc(Cl)s1. The minimum absolute atomic E-state index is 0.106. The number of halogens is 2. The second-order valence-electron chi connectivity index (χ2n) is 4.88. The predicted molar refractivity (Wildman–Crippen MR) is 85.4 cm³/mol. The third kappa shape index (κ3) is 2.89. The molecule has 1 aliphatic rings. The molecule has 1 N–H and O–H groups in total. The topological polar surface area (TPSA) is 12.0 Å². The molecule has 0 spiro atoms. The molecule has 1 aromatic heterocycles. The van der Waals surface area contributed by atoms with E-state index in [0.29, 0.717) is 0 Å². The Morgan fingerprint density at radius 1 is 1.35 bits per heavy atom. The zero-order valence-electron chi connectivity index (χ0n) is 11.0. The van der Waals surface area contributed by atoms with E-state index in [1.165, 1.54) is 10.9 Å². The number of hydrogen-bond acceptors (Lipinski definition) is 3. The average molecular weight is 328 g/mol. The van der Waals surface area contributed by atoms with Gasteiger partial charge in [-0.15, -0.1) is 23.1 Å². The van der Waals surface area contributed by atoms with Crippen molar-refractivity contribution >= 4 is 34.7 Å². The van der Waals surface area contributed by atoms with Crippen LogP contribution in [0.2, 0.25) is 4.34 Å². The summed E-state index contributed by atoms with van der Waals surface area (Å²) in [5.74, 6) is 0.842. The van der Waals surface area contributed by atoms with Crippen molar-refractivity contribution in [1.82, 2.24) is 5.32 Å². The highest BCUT2D eigenvalue weighted by atomic mass is 35.5. The molecule has 106 valence electrons. The molecule has 0 radical (unpaired) electrons. The van der Waals surface area contributed by atoms with Gasteiger partial charge < -0.3 is 5.32 Å². The largest absolute Gasteiger partial charge is 0.303 e. The van der Waals surface area contributed by atoms with Gasteiger partial charge in [-0.25, -0.2) is 4.39 Å². The highest BCUT2D eigenvalue weighted by Crippen LogP contribution is 2.39. The number of rotatable bonds is 3. The molecule has 20 heavy (non-hydrogen) atoms. The summed E-state index contributed by atoms with van der Waals surface area (Å²) in [6.07, 6.45) is 1.02. The quantitative estimate of drug-likeness (QED) is 0.806. The Balaban J connectivity index is 1.81. The van der Waals surface area contributed by atoms with E-state index < -0.39 is 0 Å². The number of thiophene rings is 1. The fourth-order valence-corrected chi connectivity index (χ4v) is 4.72. The lowest BCUT2D eigenvalue weighted by molar-refractivity contribution is 0.447. The molecule has 2 heterocycles. The van der Waals surface area contributed by atoms with Crippen molar-refractivity contribution < 1.29 is 4.39 Å². The molecule has 0 saturated carbocycles. The summed E-state index contributed by atoms with van der Waals surface area (Å²) in [4.78, 5) is 2.01. The predicted octanol–water partition coefficient (Wildman–Crippen LogP) is 5.43. The van der Waals surface area contributed by atoms with Crippen molar-refractivity contribution in [2.24, 2.45) is 0 Å². The zero-order valence-corrected chi connectivity index (χ0v) is 13.4. The summed E-state index contributed by atoms with van der Waals surface area (Å²) in [7, 11) is 0. The fourth-order valence-electron chi connectivity index (χ4n) is 2.50. The highest BCUT2D eigenvalue weighted by Gasteiger charge is 2.24. The molecule has 1 aliphatic heterocycles. The second-order valence-corrected chi connectivity index (χ2v) is 7.73. The maximum absolute atomic E-state index is 13.8. The summed E-state index contributed by atoms with van der Waals surface area (Å²) < 4.78 is 14.6. The first-order valence-corrected chi connectivity index (χ1v) is 8.75. The normalized spacial score (nSPS) is 19.6. The molecule has 5 heteroatoms. The van der Waals surface area contributed by atoms with Crippen LogP contribution in [-0.2, 0) is 0 Å². The Bertz CT molecular complexity index is 614. The molecule has 2 aromatic rings. The minimum atomic E-state index is -0.106. The van der Waals surface area contributed by atoms with Gasteiger partial charge in [-0.2, -0.15) is 0 Å². The van der Waals surface area contributed by atoms with E-state index in [1.807, 2.05) is 12.1 Å². The van der Waals surface area contributed by atoms with Crippen LogP contribution in [0, 0.1) is 5.82 Å². The first kappa shape index (κ1) is 14.4. The van der Waals surface area contributed by atoms with Crippen molar-refractivity contribution in [3.8, 4) is 0 Å². The minimum Gasteiger partial charge on any atom is -0.303 e. The zero-order chi connectivity index (χ0) is 14.1. The summed E-state index contributed by atoms with van der Waals surface area (Å²) >= 11 is 9.19. The molecule has 0 bridgehead atoms. The van der Waals surface area contributed by atoms with Gasteiger partial charge >= 0.3 is 0 Å². The smallest absolute Gasteiger partial charge is 0.137 e. The second kappa shape index (κ2) is 6.06. The molecule has 0 saturated heterocycles. The average Bonchev–Trinajstić information content (AvgIpc) is 2.87. The van der Waals surface area contributed by atoms with Crippen molar-refractivity contribution in [2.75, 3.05) is 5.75 Å². The Labute approximate surface area is 131 Å². The van der Waals surface area contributed by atoms with E-state index >= 15 is 0 Å². The van der Waals surface area contributed by atoms with E-state index in [9.17, 15) is 4.39 Å². The lowest BCUT2D eigenvalue weighted by atomic mass is 10.0. The first-order valence-electron chi connectivity index (χ1n) is 6.57. The van der Waals surface area contributed by atoms with Crippen molar-refractivity contribution in [1.29, 1.82) is 0 Å². The number of hydrogen-bond donors (Lipinski definition) is 1. The van der Waals surface area contributed by atoms with Crippen LogP contribution >= 0.6 is 34.7 Å². The van der Waals surface area contributed by atoms with Gasteiger partial charge in [0.25, 0.3) is 0 Å². The van der Waals surface area contributed by atoms with Crippen molar-refractivity contribution in [2.45, 2.75) is 30.3 Å². The lowest BCUT2D eigenvalue weighted by Crippen LogP contribution is -2.27.